The standard InChI is InChI=1S/C19H20N2O2/c1-12-8-13(2)10-15(9-12)19(23)20-16-5-6-17-14(11-16)4-7-18(22)21(17)3/h5-6,8-11H,4,7H2,1-3H3,(H,20,23). The number of fused-ring (bicyclic) bond motifs is 1. The highest BCUT2D eigenvalue weighted by Crippen LogP contribution is 2.29. The van der Waals surface area contributed by atoms with E-state index in [-0.39, 0.29) is 11.8 Å². The lowest BCUT2D eigenvalue weighted by atomic mass is 10.0. The second kappa shape index (κ2) is 5.88. The van der Waals surface area contributed by atoms with Crippen LogP contribution in [0.4, 0.5) is 11.4 Å². The van der Waals surface area contributed by atoms with Gasteiger partial charge in [-0.1, -0.05) is 17.2 Å². The number of nitrogens with zero attached hydrogens (tertiary/aromatic N) is 1. The van der Waals surface area contributed by atoms with Crippen LogP contribution in [0.25, 0.3) is 0 Å². The first-order valence-corrected chi connectivity index (χ1v) is 7.73. The lowest BCUT2D eigenvalue weighted by Gasteiger charge is -2.26. The molecule has 0 saturated heterocycles. The van der Waals surface area contributed by atoms with E-state index in [0.29, 0.717) is 18.4 Å². The zero-order valence-electron chi connectivity index (χ0n) is 13.6. The molecule has 0 radical (unpaired) electrons. The molecule has 1 heterocycles. The fraction of sp³-hybridized carbons (Fsp3) is 0.263. The van der Waals surface area contributed by atoms with E-state index in [0.717, 1.165) is 28.1 Å². The molecule has 0 aliphatic carbocycles. The van der Waals surface area contributed by atoms with Gasteiger partial charge in [0.1, 0.15) is 0 Å². The smallest absolute Gasteiger partial charge is 0.255 e. The van der Waals surface area contributed by atoms with Crippen molar-refractivity contribution in [1.82, 2.24) is 0 Å². The van der Waals surface area contributed by atoms with Gasteiger partial charge in [0.15, 0.2) is 0 Å². The summed E-state index contributed by atoms with van der Waals surface area (Å²) in [6.45, 7) is 3.96. The Labute approximate surface area is 136 Å². The summed E-state index contributed by atoms with van der Waals surface area (Å²) in [6.07, 6.45) is 1.23. The quantitative estimate of drug-likeness (QED) is 0.923. The molecule has 1 N–H and O–H groups in total. The van der Waals surface area contributed by atoms with E-state index in [2.05, 4.69) is 5.32 Å². The van der Waals surface area contributed by atoms with Crippen molar-refractivity contribution in [2.75, 3.05) is 17.3 Å². The molecular weight excluding hydrogens is 288 g/mol. The highest BCUT2D eigenvalue weighted by atomic mass is 16.2. The number of carbonyl (C=O) groups excluding carboxylic acids is 2. The molecule has 0 aromatic heterocycles. The van der Waals surface area contributed by atoms with Crippen molar-refractivity contribution in [3.8, 4) is 0 Å². The SMILES string of the molecule is Cc1cc(C)cc(C(=O)Nc2ccc3c(c2)CCC(=O)N3C)c1. The van der Waals surface area contributed by atoms with Crippen LogP contribution in [0.3, 0.4) is 0 Å². The Bertz CT molecular complexity index is 776. The maximum Gasteiger partial charge on any atom is 0.255 e. The van der Waals surface area contributed by atoms with Crippen molar-refractivity contribution in [3.63, 3.8) is 0 Å². The molecule has 0 atom stereocenters. The van der Waals surface area contributed by atoms with Crippen molar-refractivity contribution in [3.05, 3.63) is 58.7 Å². The number of hydrogen-bond acceptors (Lipinski definition) is 2. The lowest BCUT2D eigenvalue weighted by molar-refractivity contribution is -0.118. The Morgan fingerprint density at radius 1 is 1.04 bits per heavy atom. The molecular formula is C19H20N2O2. The summed E-state index contributed by atoms with van der Waals surface area (Å²) < 4.78 is 0. The van der Waals surface area contributed by atoms with E-state index in [9.17, 15) is 9.59 Å². The second-order valence-corrected chi connectivity index (χ2v) is 6.13. The van der Waals surface area contributed by atoms with Crippen molar-refractivity contribution in [1.29, 1.82) is 0 Å². The molecule has 118 valence electrons. The Hall–Kier alpha value is -2.62. The van der Waals surface area contributed by atoms with Crippen LogP contribution >= 0.6 is 0 Å². The highest BCUT2D eigenvalue weighted by molar-refractivity contribution is 6.05. The van der Waals surface area contributed by atoms with E-state index < -0.39 is 0 Å². The monoisotopic (exact) mass is 308 g/mol. The minimum absolute atomic E-state index is 0.114. The molecule has 0 spiro atoms. The molecule has 0 saturated carbocycles. The number of rotatable bonds is 2. The summed E-state index contributed by atoms with van der Waals surface area (Å²) in [6, 6.07) is 11.5. The maximum atomic E-state index is 12.4. The lowest BCUT2D eigenvalue weighted by Crippen LogP contribution is -2.31. The second-order valence-electron chi connectivity index (χ2n) is 6.13. The van der Waals surface area contributed by atoms with Gasteiger partial charge in [-0.3, -0.25) is 9.59 Å². The topological polar surface area (TPSA) is 49.4 Å². The van der Waals surface area contributed by atoms with Crippen LogP contribution in [0, 0.1) is 13.8 Å². The molecule has 0 bridgehead atoms. The van der Waals surface area contributed by atoms with Crippen LogP contribution in [0.5, 0.6) is 0 Å². The van der Waals surface area contributed by atoms with Gasteiger partial charge in [0, 0.05) is 30.4 Å². The predicted octanol–water partition coefficient (Wildman–Crippen LogP) is 3.46. The van der Waals surface area contributed by atoms with Crippen LogP contribution in [-0.2, 0) is 11.2 Å². The summed E-state index contributed by atoms with van der Waals surface area (Å²) >= 11 is 0. The van der Waals surface area contributed by atoms with Gasteiger partial charge < -0.3 is 10.2 Å². The molecule has 2 aromatic carbocycles. The Morgan fingerprint density at radius 2 is 1.74 bits per heavy atom. The van der Waals surface area contributed by atoms with E-state index >= 15 is 0 Å². The van der Waals surface area contributed by atoms with E-state index in [1.165, 1.54) is 0 Å². The van der Waals surface area contributed by atoms with E-state index in [4.69, 9.17) is 0 Å². The van der Waals surface area contributed by atoms with Crippen LogP contribution in [0.1, 0.15) is 33.5 Å². The summed E-state index contributed by atoms with van der Waals surface area (Å²) in [7, 11) is 1.79. The molecule has 3 rings (SSSR count). The number of benzene rings is 2. The van der Waals surface area contributed by atoms with Gasteiger partial charge in [-0.25, -0.2) is 0 Å². The third-order valence-corrected chi connectivity index (χ3v) is 4.16. The number of amides is 2. The maximum absolute atomic E-state index is 12.4. The van der Waals surface area contributed by atoms with E-state index in [1.54, 1.807) is 11.9 Å². The summed E-state index contributed by atoms with van der Waals surface area (Å²) in [4.78, 5) is 25.8. The third-order valence-electron chi connectivity index (χ3n) is 4.16. The fourth-order valence-electron chi connectivity index (χ4n) is 3.04. The molecule has 4 heteroatoms. The van der Waals surface area contributed by atoms with Crippen molar-refractivity contribution < 1.29 is 9.59 Å². The number of carbonyl (C=O) groups is 2. The van der Waals surface area contributed by atoms with Crippen LogP contribution < -0.4 is 10.2 Å². The molecule has 1 aliphatic rings. The molecule has 2 amide bonds. The summed E-state index contributed by atoms with van der Waals surface area (Å²) in [5.41, 5.74) is 5.57. The number of aryl methyl sites for hydroxylation is 3. The van der Waals surface area contributed by atoms with Gasteiger partial charge in [0.2, 0.25) is 5.91 Å². The number of hydrogen-bond donors (Lipinski definition) is 1. The zero-order chi connectivity index (χ0) is 16.6. The fourth-order valence-corrected chi connectivity index (χ4v) is 3.04. The molecule has 0 fully saturated rings. The van der Waals surface area contributed by atoms with Crippen molar-refractivity contribution >= 4 is 23.2 Å². The first-order chi connectivity index (χ1) is 10.9. The molecule has 1 aliphatic heterocycles. The van der Waals surface area contributed by atoms with E-state index in [1.807, 2.05) is 50.2 Å². The third kappa shape index (κ3) is 3.11. The molecule has 23 heavy (non-hydrogen) atoms. The normalized spacial score (nSPS) is 13.7. The Balaban J connectivity index is 1.83. The molecule has 4 nitrogen and oxygen atoms in total. The van der Waals surface area contributed by atoms with Crippen molar-refractivity contribution in [2.45, 2.75) is 26.7 Å². The average molecular weight is 308 g/mol. The van der Waals surface area contributed by atoms with Crippen LogP contribution in [0.15, 0.2) is 36.4 Å². The van der Waals surface area contributed by atoms with Gasteiger partial charge in [-0.2, -0.15) is 0 Å². The highest BCUT2D eigenvalue weighted by Gasteiger charge is 2.21. The number of nitrogens with one attached hydrogen (secondary N) is 1. The van der Waals surface area contributed by atoms with Crippen LogP contribution in [0.2, 0.25) is 0 Å². The van der Waals surface area contributed by atoms with Gasteiger partial charge in [-0.15, -0.1) is 0 Å². The zero-order valence-corrected chi connectivity index (χ0v) is 13.6. The predicted molar refractivity (Wildman–Crippen MR) is 92.0 cm³/mol. The first kappa shape index (κ1) is 15.3. The largest absolute Gasteiger partial charge is 0.322 e. The van der Waals surface area contributed by atoms with Crippen molar-refractivity contribution in [2.24, 2.45) is 0 Å². The molecule has 0 unspecified atom stereocenters. The Kier molecular flexibility index (Phi) is 3.90. The Morgan fingerprint density at radius 3 is 2.43 bits per heavy atom. The number of anilines is 2. The summed E-state index contributed by atoms with van der Waals surface area (Å²) in [5, 5.41) is 2.95. The first-order valence-electron chi connectivity index (χ1n) is 7.73. The molecule has 2 aromatic rings. The van der Waals surface area contributed by atoms with Gasteiger partial charge in [0.25, 0.3) is 5.91 Å². The van der Waals surface area contributed by atoms with Crippen LogP contribution in [-0.4, -0.2) is 18.9 Å². The average Bonchev–Trinajstić information content (AvgIpc) is 2.50. The van der Waals surface area contributed by atoms with Gasteiger partial charge in [0.05, 0.1) is 0 Å². The minimum atomic E-state index is -0.114. The summed E-state index contributed by atoms with van der Waals surface area (Å²) in [5.74, 6) is 0.0153. The van der Waals surface area contributed by atoms with Gasteiger partial charge >= 0.3 is 0 Å². The van der Waals surface area contributed by atoms with Gasteiger partial charge in [-0.05, 0) is 56.2 Å². The minimum Gasteiger partial charge on any atom is -0.322 e.